The molecule has 40 heavy (non-hydrogen) atoms. The van der Waals surface area contributed by atoms with Gasteiger partial charge in [-0.05, 0) is 48.5 Å². The summed E-state index contributed by atoms with van der Waals surface area (Å²) in [4.78, 5) is 25.5. The molecule has 1 heterocycles. The van der Waals surface area contributed by atoms with Crippen molar-refractivity contribution in [1.29, 1.82) is 0 Å². The average Bonchev–Trinajstić information content (AvgIpc) is 3.38. The Labute approximate surface area is 232 Å². The third-order valence-electron chi connectivity index (χ3n) is 5.60. The molecule has 2 N–H and O–H groups in total. The van der Waals surface area contributed by atoms with E-state index in [1.54, 1.807) is 10.6 Å². The van der Waals surface area contributed by atoms with E-state index in [9.17, 15) is 18.4 Å². The monoisotopic (exact) mass is 569 g/mol. The smallest absolute Gasteiger partial charge is 0.251 e. The summed E-state index contributed by atoms with van der Waals surface area (Å²) in [7, 11) is 4.35. The lowest BCUT2D eigenvalue weighted by atomic mass is 10.1. The Kier molecular flexibility index (Phi) is 9.17. The summed E-state index contributed by atoms with van der Waals surface area (Å²) in [5.41, 5.74) is 0.825. The number of aromatic nitrogens is 3. The van der Waals surface area contributed by atoms with Crippen LogP contribution in [0, 0.1) is 11.6 Å². The molecule has 13 heteroatoms. The van der Waals surface area contributed by atoms with Gasteiger partial charge in [-0.15, -0.1) is 10.2 Å². The number of ether oxygens (including phenoxy) is 3. The Morgan fingerprint density at radius 1 is 0.925 bits per heavy atom. The lowest BCUT2D eigenvalue weighted by Crippen LogP contribution is -2.25. The fourth-order valence-corrected chi connectivity index (χ4v) is 4.48. The molecule has 2 amide bonds. The van der Waals surface area contributed by atoms with E-state index >= 15 is 0 Å². The lowest BCUT2D eigenvalue weighted by Gasteiger charge is -2.14. The van der Waals surface area contributed by atoms with Crippen LogP contribution in [-0.2, 0) is 11.3 Å². The molecule has 0 saturated heterocycles. The highest BCUT2D eigenvalue weighted by Crippen LogP contribution is 2.38. The van der Waals surface area contributed by atoms with Crippen LogP contribution < -0.4 is 24.8 Å². The highest BCUT2D eigenvalue weighted by atomic mass is 32.2. The first-order chi connectivity index (χ1) is 19.3. The summed E-state index contributed by atoms with van der Waals surface area (Å²) in [5, 5.41) is 13.9. The molecule has 0 saturated carbocycles. The largest absolute Gasteiger partial charge is 0.493 e. The molecule has 4 aromatic rings. The quantitative estimate of drug-likeness (QED) is 0.258. The molecule has 0 spiro atoms. The zero-order valence-corrected chi connectivity index (χ0v) is 22.6. The first-order valence-electron chi connectivity index (χ1n) is 11.8. The molecule has 0 radical (unpaired) electrons. The zero-order chi connectivity index (χ0) is 28.6. The normalized spacial score (nSPS) is 10.6. The summed E-state index contributed by atoms with van der Waals surface area (Å²) < 4.78 is 45.0. The van der Waals surface area contributed by atoms with E-state index in [4.69, 9.17) is 14.2 Å². The number of para-hydroxylation sites is 1. The molecule has 0 bridgehead atoms. The second-order valence-electron chi connectivity index (χ2n) is 8.12. The van der Waals surface area contributed by atoms with Gasteiger partial charge >= 0.3 is 0 Å². The molecule has 208 valence electrons. The van der Waals surface area contributed by atoms with Crippen LogP contribution in [0.4, 0.5) is 14.5 Å². The van der Waals surface area contributed by atoms with Crippen molar-refractivity contribution in [3.63, 3.8) is 0 Å². The number of nitrogens with one attached hydrogen (secondary N) is 2. The summed E-state index contributed by atoms with van der Waals surface area (Å²) in [6, 6.07) is 14.4. The molecular formula is C27H25F2N5O5S. The molecule has 3 aromatic carbocycles. The molecule has 0 unspecified atom stereocenters. The number of methoxy groups -OCH3 is 3. The average molecular weight is 570 g/mol. The summed E-state index contributed by atoms with van der Waals surface area (Å²) in [5.74, 6) is -0.711. The molecule has 4 rings (SSSR count). The number of carbonyl (C=O) groups excluding carboxylic acids is 2. The Balaban J connectivity index is 1.54. The van der Waals surface area contributed by atoms with Gasteiger partial charge in [-0.2, -0.15) is 0 Å². The first kappa shape index (κ1) is 28.4. The van der Waals surface area contributed by atoms with Crippen molar-refractivity contribution >= 4 is 29.3 Å². The first-order valence-corrected chi connectivity index (χ1v) is 12.8. The Morgan fingerprint density at radius 2 is 1.60 bits per heavy atom. The number of thioether (sulfide) groups is 1. The van der Waals surface area contributed by atoms with Crippen molar-refractivity contribution in [3.05, 3.63) is 83.7 Å². The maximum atomic E-state index is 13.9. The molecule has 0 aliphatic heterocycles. The Morgan fingerprint density at radius 3 is 2.23 bits per heavy atom. The summed E-state index contributed by atoms with van der Waals surface area (Å²) >= 11 is 1.05. The van der Waals surface area contributed by atoms with Crippen molar-refractivity contribution in [1.82, 2.24) is 20.1 Å². The number of rotatable bonds is 11. The lowest BCUT2D eigenvalue weighted by molar-refractivity contribution is -0.113. The van der Waals surface area contributed by atoms with E-state index in [0.29, 0.717) is 33.9 Å². The zero-order valence-electron chi connectivity index (χ0n) is 21.7. The second kappa shape index (κ2) is 12.9. The molecule has 0 fully saturated rings. The molecular weight excluding hydrogens is 544 g/mol. The van der Waals surface area contributed by atoms with Gasteiger partial charge in [-0.1, -0.05) is 23.9 Å². The Bertz CT molecular complexity index is 1490. The number of nitrogens with zero attached hydrogens (tertiary/aromatic N) is 3. The van der Waals surface area contributed by atoms with Gasteiger partial charge in [0.1, 0.15) is 11.6 Å². The van der Waals surface area contributed by atoms with Crippen molar-refractivity contribution in [2.24, 2.45) is 0 Å². The van der Waals surface area contributed by atoms with Crippen LogP contribution in [0.2, 0.25) is 0 Å². The van der Waals surface area contributed by atoms with E-state index in [0.717, 1.165) is 11.8 Å². The van der Waals surface area contributed by atoms with Gasteiger partial charge in [-0.3, -0.25) is 14.2 Å². The summed E-state index contributed by atoms with van der Waals surface area (Å²) in [6.07, 6.45) is 0. The minimum atomic E-state index is -0.555. The standard InChI is InChI=1S/C27H25F2N5O5S/c1-37-21-12-16(13-22(38-2)25(21)39-3)26(36)30-14-23-32-33-27(34(23)18-10-8-17(28)9-11-18)40-15-24(35)31-20-7-5-4-6-19(20)29/h4-13H,14-15H2,1-3H3,(H,30,36)(H,31,35). The van der Waals surface area contributed by atoms with E-state index in [-0.39, 0.29) is 23.5 Å². The predicted octanol–water partition coefficient (Wildman–Crippen LogP) is 4.23. The van der Waals surface area contributed by atoms with Crippen LogP contribution in [0.25, 0.3) is 5.69 Å². The number of hydrogen-bond acceptors (Lipinski definition) is 8. The van der Waals surface area contributed by atoms with Crippen molar-refractivity contribution < 1.29 is 32.6 Å². The Hall–Kier alpha value is -4.65. The minimum absolute atomic E-state index is 0.0537. The topological polar surface area (TPSA) is 117 Å². The number of anilines is 1. The molecule has 0 aliphatic carbocycles. The predicted molar refractivity (Wildman–Crippen MR) is 144 cm³/mol. The van der Waals surface area contributed by atoms with Crippen LogP contribution in [0.3, 0.4) is 0 Å². The molecule has 1 aromatic heterocycles. The van der Waals surface area contributed by atoms with E-state index in [2.05, 4.69) is 20.8 Å². The third-order valence-corrected chi connectivity index (χ3v) is 6.53. The number of hydrogen-bond donors (Lipinski definition) is 2. The molecule has 0 atom stereocenters. The van der Waals surface area contributed by atoms with Gasteiger partial charge in [0.15, 0.2) is 22.5 Å². The number of halogens is 2. The van der Waals surface area contributed by atoms with Crippen molar-refractivity contribution in [2.75, 3.05) is 32.4 Å². The van der Waals surface area contributed by atoms with E-state index < -0.39 is 23.4 Å². The van der Waals surface area contributed by atoms with Gasteiger partial charge in [-0.25, -0.2) is 8.78 Å². The third kappa shape index (κ3) is 6.49. The second-order valence-corrected chi connectivity index (χ2v) is 9.07. The van der Waals surface area contributed by atoms with E-state index in [1.807, 2.05) is 0 Å². The molecule has 0 aliphatic rings. The number of benzene rings is 3. The van der Waals surface area contributed by atoms with E-state index in [1.165, 1.54) is 75.9 Å². The molecule has 10 nitrogen and oxygen atoms in total. The number of carbonyl (C=O) groups is 2. The van der Waals surface area contributed by atoms with Crippen LogP contribution >= 0.6 is 11.8 Å². The SMILES string of the molecule is COc1cc(C(=O)NCc2nnc(SCC(=O)Nc3ccccc3F)n2-c2ccc(F)cc2)cc(OC)c1OC. The van der Waals surface area contributed by atoms with Crippen LogP contribution in [0.1, 0.15) is 16.2 Å². The van der Waals surface area contributed by atoms with Gasteiger partial charge < -0.3 is 24.8 Å². The fraction of sp³-hybridized carbons (Fsp3) is 0.185. The van der Waals surface area contributed by atoms with Gasteiger partial charge in [0, 0.05) is 11.3 Å². The van der Waals surface area contributed by atoms with Crippen LogP contribution in [0.15, 0.2) is 65.8 Å². The van der Waals surface area contributed by atoms with Crippen LogP contribution in [-0.4, -0.2) is 53.7 Å². The van der Waals surface area contributed by atoms with Gasteiger partial charge in [0.05, 0.1) is 39.3 Å². The van der Waals surface area contributed by atoms with Gasteiger partial charge in [0.25, 0.3) is 5.91 Å². The highest BCUT2D eigenvalue weighted by molar-refractivity contribution is 7.99. The maximum absolute atomic E-state index is 13.9. The van der Waals surface area contributed by atoms with Crippen molar-refractivity contribution in [3.8, 4) is 22.9 Å². The van der Waals surface area contributed by atoms with Crippen molar-refractivity contribution in [2.45, 2.75) is 11.7 Å². The van der Waals surface area contributed by atoms with Gasteiger partial charge in [0.2, 0.25) is 11.7 Å². The summed E-state index contributed by atoms with van der Waals surface area (Å²) in [6.45, 7) is -0.0537. The minimum Gasteiger partial charge on any atom is -0.493 e. The fourth-order valence-electron chi connectivity index (χ4n) is 3.71. The number of amides is 2. The highest BCUT2D eigenvalue weighted by Gasteiger charge is 2.20. The maximum Gasteiger partial charge on any atom is 0.251 e. The van der Waals surface area contributed by atoms with Crippen LogP contribution in [0.5, 0.6) is 17.2 Å².